The molecule has 2 bridgehead atoms. The first-order chi connectivity index (χ1) is 13.4. The minimum atomic E-state index is -3.58. The van der Waals surface area contributed by atoms with Gasteiger partial charge in [0, 0.05) is 44.3 Å². The number of H-pyrrole nitrogens is 1. The molecule has 4 rings (SSSR count). The summed E-state index contributed by atoms with van der Waals surface area (Å²) in [6.07, 6.45) is 0.776. The van der Waals surface area contributed by atoms with E-state index >= 15 is 0 Å². The number of carbonyl (C=O) groups is 1. The van der Waals surface area contributed by atoms with Gasteiger partial charge in [-0.2, -0.15) is 9.40 Å². The Bertz CT molecular complexity index is 1000. The number of nitrogens with one attached hydrogen (secondary N) is 2. The molecule has 0 radical (unpaired) electrons. The zero-order chi connectivity index (χ0) is 19.7. The number of carbonyl (C=O) groups excluding carboxylic acids is 1. The molecule has 1 unspecified atom stereocenters. The van der Waals surface area contributed by atoms with E-state index in [1.165, 1.54) is 12.1 Å². The van der Waals surface area contributed by atoms with Gasteiger partial charge in [-0.05, 0) is 24.6 Å². The van der Waals surface area contributed by atoms with Gasteiger partial charge < -0.3 is 5.32 Å². The lowest BCUT2D eigenvalue weighted by Crippen LogP contribution is -2.57. The first kappa shape index (κ1) is 18.8. The van der Waals surface area contributed by atoms with Crippen LogP contribution in [-0.4, -0.2) is 72.0 Å². The zero-order valence-corrected chi connectivity index (χ0v) is 15.9. The second-order valence-corrected chi connectivity index (χ2v) is 8.89. The van der Waals surface area contributed by atoms with Crippen LogP contribution in [0, 0.1) is 0 Å². The molecule has 2 aromatic rings. The van der Waals surface area contributed by atoms with Gasteiger partial charge >= 0.3 is 0 Å². The van der Waals surface area contributed by atoms with Crippen LogP contribution in [0.2, 0.25) is 0 Å². The van der Waals surface area contributed by atoms with Crippen molar-refractivity contribution in [3.63, 3.8) is 0 Å². The minimum Gasteiger partial charge on any atom is -0.349 e. The Hall–Kier alpha value is -2.56. The molecule has 0 spiro atoms. The number of aromatic nitrogens is 2. The second kappa shape index (κ2) is 7.46. The molecule has 9 nitrogen and oxygen atoms in total. The fraction of sp³-hybridized carbons (Fsp3) is 0.389. The second-order valence-electron chi connectivity index (χ2n) is 7.00. The maximum Gasteiger partial charge on any atom is 0.271 e. The third-order valence-corrected chi connectivity index (χ3v) is 7.20. The van der Waals surface area contributed by atoms with E-state index in [9.17, 15) is 18.0 Å². The summed E-state index contributed by atoms with van der Waals surface area (Å²) in [6, 6.07) is 10.9. The average Bonchev–Trinajstić information content (AvgIpc) is 3.11. The van der Waals surface area contributed by atoms with Gasteiger partial charge in [-0.3, -0.25) is 14.5 Å². The molecular weight excluding hydrogens is 382 g/mol. The highest BCUT2D eigenvalue weighted by atomic mass is 32.2. The number of aromatic amines is 1. The Balaban J connectivity index is 1.47. The summed E-state index contributed by atoms with van der Waals surface area (Å²) < 4.78 is 27.7. The molecule has 2 aliphatic heterocycles. The number of benzene rings is 1. The van der Waals surface area contributed by atoms with E-state index < -0.39 is 15.9 Å². The number of hydrogen-bond acceptors (Lipinski definition) is 6. The van der Waals surface area contributed by atoms with Crippen molar-refractivity contribution in [1.29, 1.82) is 0 Å². The van der Waals surface area contributed by atoms with E-state index in [2.05, 4.69) is 20.4 Å². The Morgan fingerprint density at radius 1 is 1.18 bits per heavy atom. The molecule has 0 saturated carbocycles. The van der Waals surface area contributed by atoms with Gasteiger partial charge in [-0.25, -0.2) is 13.5 Å². The van der Waals surface area contributed by atoms with Crippen molar-refractivity contribution in [2.75, 3.05) is 26.2 Å². The number of hydrogen-bond donors (Lipinski definition) is 2. The summed E-state index contributed by atoms with van der Waals surface area (Å²) in [5, 5.41) is 8.74. The number of nitrogens with zero attached hydrogens (tertiary/aromatic N) is 3. The molecule has 2 aliphatic rings. The van der Waals surface area contributed by atoms with E-state index in [1.807, 2.05) is 0 Å². The molecule has 148 valence electrons. The van der Waals surface area contributed by atoms with Gasteiger partial charge in [0.25, 0.3) is 11.5 Å². The summed E-state index contributed by atoms with van der Waals surface area (Å²) in [4.78, 5) is 25.8. The van der Waals surface area contributed by atoms with Crippen LogP contribution in [0.25, 0.3) is 0 Å². The largest absolute Gasteiger partial charge is 0.349 e. The maximum absolute atomic E-state index is 13.1. The predicted molar refractivity (Wildman–Crippen MR) is 101 cm³/mol. The van der Waals surface area contributed by atoms with Crippen molar-refractivity contribution in [1.82, 2.24) is 24.7 Å². The fourth-order valence-electron chi connectivity index (χ4n) is 3.79. The van der Waals surface area contributed by atoms with E-state index in [-0.39, 0.29) is 28.2 Å². The van der Waals surface area contributed by atoms with Crippen LogP contribution in [0.5, 0.6) is 0 Å². The van der Waals surface area contributed by atoms with Crippen molar-refractivity contribution in [2.24, 2.45) is 0 Å². The van der Waals surface area contributed by atoms with E-state index in [1.54, 1.807) is 34.6 Å². The van der Waals surface area contributed by atoms with Gasteiger partial charge in [-0.15, -0.1) is 0 Å². The standard InChI is InChI=1S/C18H21N5O4S/c24-17-7-6-16(20-21-17)18(25)19-10-14-12-23(13-8-9-22(14)11-13)28(26,27)15-4-2-1-3-5-15/h1-7,13-14H,8-12H2,(H,19,25)(H,21,24)/t13-,14+/m0/s1. The van der Waals surface area contributed by atoms with Crippen LogP contribution in [0.15, 0.2) is 52.2 Å². The maximum atomic E-state index is 13.1. The Kier molecular flexibility index (Phi) is 5.00. The highest BCUT2D eigenvalue weighted by Crippen LogP contribution is 2.29. The highest BCUT2D eigenvalue weighted by Gasteiger charge is 2.44. The fourth-order valence-corrected chi connectivity index (χ4v) is 5.50. The molecule has 2 saturated heterocycles. The zero-order valence-electron chi connectivity index (χ0n) is 15.1. The monoisotopic (exact) mass is 403 g/mol. The molecule has 0 aliphatic carbocycles. The van der Waals surface area contributed by atoms with Crippen molar-refractivity contribution < 1.29 is 13.2 Å². The SMILES string of the molecule is O=C(NC[C@@H]1CN(S(=O)(=O)c2ccccc2)[C@H]2CCN1C2)c1ccc(=O)[nH]n1. The molecular formula is C18H21N5O4S. The van der Waals surface area contributed by atoms with Crippen molar-refractivity contribution in [3.8, 4) is 0 Å². The van der Waals surface area contributed by atoms with Gasteiger partial charge in [0.05, 0.1) is 4.90 Å². The molecule has 2 N–H and O–H groups in total. The Morgan fingerprint density at radius 2 is 1.96 bits per heavy atom. The van der Waals surface area contributed by atoms with Crippen molar-refractivity contribution in [3.05, 3.63) is 58.5 Å². The number of piperazine rings is 1. The van der Waals surface area contributed by atoms with Gasteiger partial charge in [0.15, 0.2) is 0 Å². The van der Waals surface area contributed by atoms with Crippen LogP contribution in [0.1, 0.15) is 16.9 Å². The van der Waals surface area contributed by atoms with E-state index in [4.69, 9.17) is 0 Å². The summed E-state index contributed by atoms with van der Waals surface area (Å²) in [7, 11) is -3.58. The lowest BCUT2D eigenvalue weighted by Gasteiger charge is -2.39. The normalized spacial score (nSPS) is 24.8. The van der Waals surface area contributed by atoms with Gasteiger partial charge in [0.2, 0.25) is 10.0 Å². The molecule has 1 aromatic carbocycles. The van der Waals surface area contributed by atoms with Crippen LogP contribution in [0.4, 0.5) is 0 Å². The molecule has 28 heavy (non-hydrogen) atoms. The summed E-state index contributed by atoms with van der Waals surface area (Å²) in [5.74, 6) is -0.407. The number of amides is 1. The van der Waals surface area contributed by atoms with Crippen LogP contribution in [0.3, 0.4) is 0 Å². The molecule has 2 fully saturated rings. The van der Waals surface area contributed by atoms with Gasteiger partial charge in [0.1, 0.15) is 5.69 Å². The first-order valence-electron chi connectivity index (χ1n) is 9.10. The third-order valence-electron chi connectivity index (χ3n) is 5.27. The van der Waals surface area contributed by atoms with Crippen LogP contribution < -0.4 is 10.9 Å². The predicted octanol–water partition coefficient (Wildman–Crippen LogP) is -0.353. The molecule has 3 atom stereocenters. The lowest BCUT2D eigenvalue weighted by molar-refractivity contribution is 0.0909. The highest BCUT2D eigenvalue weighted by molar-refractivity contribution is 7.89. The Labute approximate surface area is 162 Å². The van der Waals surface area contributed by atoms with E-state index in [0.29, 0.717) is 19.6 Å². The molecule has 1 amide bonds. The number of fused-ring (bicyclic) bond motifs is 2. The first-order valence-corrected chi connectivity index (χ1v) is 10.5. The van der Waals surface area contributed by atoms with Crippen molar-refractivity contribution in [2.45, 2.75) is 23.4 Å². The topological polar surface area (TPSA) is 115 Å². The van der Waals surface area contributed by atoms with Crippen molar-refractivity contribution >= 4 is 15.9 Å². The van der Waals surface area contributed by atoms with Crippen LogP contribution >= 0.6 is 0 Å². The van der Waals surface area contributed by atoms with E-state index in [0.717, 1.165) is 13.0 Å². The quantitative estimate of drug-likeness (QED) is 0.705. The Morgan fingerprint density at radius 3 is 2.68 bits per heavy atom. The third kappa shape index (κ3) is 3.58. The summed E-state index contributed by atoms with van der Waals surface area (Å²) >= 11 is 0. The number of rotatable bonds is 5. The van der Waals surface area contributed by atoms with Gasteiger partial charge in [-0.1, -0.05) is 18.2 Å². The molecule has 10 heteroatoms. The molecule has 3 heterocycles. The molecule has 1 aromatic heterocycles. The average molecular weight is 403 g/mol. The minimum absolute atomic E-state index is 0.0435. The summed E-state index contributed by atoms with van der Waals surface area (Å²) in [6.45, 7) is 2.07. The summed E-state index contributed by atoms with van der Waals surface area (Å²) in [5.41, 5.74) is -0.267. The lowest BCUT2D eigenvalue weighted by atomic mass is 10.2. The smallest absolute Gasteiger partial charge is 0.271 e. The number of sulfonamides is 1. The van der Waals surface area contributed by atoms with Crippen LogP contribution in [-0.2, 0) is 10.0 Å².